The second kappa shape index (κ2) is 6.16. The molecular formula is C16H16N2O5S2. The van der Waals surface area contributed by atoms with Gasteiger partial charge in [0, 0.05) is 12.1 Å². The largest absolute Gasteiger partial charge is 0.280 e. The first-order valence-corrected chi connectivity index (χ1v) is 10.5. The highest BCUT2D eigenvalue weighted by Gasteiger charge is 2.36. The highest BCUT2D eigenvalue weighted by atomic mass is 32.2. The Morgan fingerprint density at radius 1 is 1.08 bits per heavy atom. The Kier molecular flexibility index (Phi) is 4.29. The van der Waals surface area contributed by atoms with Crippen LogP contribution in [0.15, 0.2) is 53.4 Å². The Morgan fingerprint density at radius 3 is 2.36 bits per heavy atom. The molecule has 1 heterocycles. The average Bonchev–Trinajstić information content (AvgIpc) is 2.82. The van der Waals surface area contributed by atoms with Crippen LogP contribution in [0.3, 0.4) is 0 Å². The molecule has 2 aromatic carbocycles. The van der Waals surface area contributed by atoms with Crippen LogP contribution in [0, 0.1) is 6.92 Å². The van der Waals surface area contributed by atoms with E-state index < -0.39 is 26.0 Å². The fraction of sp³-hybridized carbons (Fsp3) is 0.188. The normalized spacial score (nSPS) is 16.8. The van der Waals surface area contributed by atoms with Gasteiger partial charge < -0.3 is 0 Å². The molecule has 0 aliphatic carbocycles. The molecule has 0 spiro atoms. The van der Waals surface area contributed by atoms with Gasteiger partial charge in [0.15, 0.2) is 0 Å². The number of benzene rings is 2. The Balaban J connectivity index is 2.04. The second-order valence-electron chi connectivity index (χ2n) is 5.65. The van der Waals surface area contributed by atoms with E-state index in [9.17, 15) is 21.6 Å². The van der Waals surface area contributed by atoms with Crippen LogP contribution in [-0.4, -0.2) is 28.5 Å². The lowest BCUT2D eigenvalue weighted by Gasteiger charge is -2.17. The van der Waals surface area contributed by atoms with Gasteiger partial charge in [0.05, 0.1) is 16.3 Å². The van der Waals surface area contributed by atoms with E-state index >= 15 is 0 Å². The first kappa shape index (κ1) is 17.4. The van der Waals surface area contributed by atoms with Crippen LogP contribution in [0.4, 0.5) is 11.4 Å². The number of nitrogens with zero attached hydrogens (tertiary/aromatic N) is 1. The Bertz CT molecular complexity index is 1030. The third kappa shape index (κ3) is 3.38. The summed E-state index contributed by atoms with van der Waals surface area (Å²) in [7, 11) is -7.69. The van der Waals surface area contributed by atoms with Gasteiger partial charge in [0.1, 0.15) is 0 Å². The van der Waals surface area contributed by atoms with Crippen molar-refractivity contribution in [3.63, 3.8) is 0 Å². The predicted octanol–water partition coefficient (Wildman–Crippen LogP) is 1.86. The summed E-state index contributed by atoms with van der Waals surface area (Å²) in [5.74, 6) is -0.840. The van der Waals surface area contributed by atoms with Crippen molar-refractivity contribution in [2.45, 2.75) is 18.2 Å². The first-order chi connectivity index (χ1) is 11.7. The van der Waals surface area contributed by atoms with Crippen LogP contribution in [0.1, 0.15) is 12.0 Å². The minimum Gasteiger partial charge on any atom is -0.280 e. The van der Waals surface area contributed by atoms with E-state index in [4.69, 9.17) is 0 Å². The number of rotatable bonds is 4. The Labute approximate surface area is 146 Å². The van der Waals surface area contributed by atoms with Crippen molar-refractivity contribution in [1.82, 2.24) is 0 Å². The molecule has 0 saturated carbocycles. The fourth-order valence-corrected chi connectivity index (χ4v) is 5.37. The number of aryl methyl sites for hydroxylation is 1. The number of anilines is 2. The first-order valence-electron chi connectivity index (χ1n) is 7.45. The van der Waals surface area contributed by atoms with E-state index in [1.807, 2.05) is 0 Å². The quantitative estimate of drug-likeness (QED) is 0.873. The second-order valence-corrected chi connectivity index (χ2v) is 9.23. The zero-order valence-electron chi connectivity index (χ0n) is 13.3. The standard InChI is InChI=1S/C16H16N2O5S2/c1-12-7-8-14(18-16(19)9-10-24(18,20)21)11-15(12)25(22,23)17-13-5-3-2-4-6-13/h2-8,11,17H,9-10H2,1H3. The molecule has 1 amide bonds. The molecular weight excluding hydrogens is 364 g/mol. The van der Waals surface area contributed by atoms with Gasteiger partial charge in [-0.2, -0.15) is 0 Å². The van der Waals surface area contributed by atoms with Gasteiger partial charge in [0.2, 0.25) is 15.9 Å². The van der Waals surface area contributed by atoms with Crippen LogP contribution in [-0.2, 0) is 24.8 Å². The molecule has 1 aliphatic heterocycles. The van der Waals surface area contributed by atoms with Gasteiger partial charge in [-0.05, 0) is 36.8 Å². The maximum atomic E-state index is 12.7. The van der Waals surface area contributed by atoms with Gasteiger partial charge in [-0.25, -0.2) is 21.1 Å². The van der Waals surface area contributed by atoms with E-state index in [1.165, 1.54) is 18.2 Å². The lowest BCUT2D eigenvalue weighted by molar-refractivity contribution is -0.116. The van der Waals surface area contributed by atoms with E-state index in [0.29, 0.717) is 15.6 Å². The van der Waals surface area contributed by atoms with Crippen LogP contribution >= 0.6 is 0 Å². The van der Waals surface area contributed by atoms with Crippen molar-refractivity contribution >= 4 is 37.3 Å². The monoisotopic (exact) mass is 380 g/mol. The lowest BCUT2D eigenvalue weighted by atomic mass is 10.2. The number of para-hydroxylation sites is 1. The van der Waals surface area contributed by atoms with Crippen molar-refractivity contribution in [1.29, 1.82) is 0 Å². The van der Waals surface area contributed by atoms with Crippen molar-refractivity contribution in [3.05, 3.63) is 54.1 Å². The van der Waals surface area contributed by atoms with Gasteiger partial charge >= 0.3 is 0 Å². The summed E-state index contributed by atoms with van der Waals surface area (Å²) in [4.78, 5) is 11.8. The van der Waals surface area contributed by atoms with Gasteiger partial charge in [0.25, 0.3) is 10.0 Å². The summed E-state index contributed by atoms with van der Waals surface area (Å²) in [5, 5.41) is 0. The molecule has 1 saturated heterocycles. The smallest absolute Gasteiger partial charge is 0.262 e. The molecule has 0 aromatic heterocycles. The van der Waals surface area contributed by atoms with Gasteiger partial charge in [-0.3, -0.25) is 9.52 Å². The highest BCUT2D eigenvalue weighted by molar-refractivity contribution is 7.94. The SMILES string of the molecule is Cc1ccc(N2C(=O)CCS2(=O)=O)cc1S(=O)(=O)Nc1ccccc1. The number of carbonyl (C=O) groups excluding carboxylic acids is 1. The minimum absolute atomic E-state index is 0.0292. The maximum absolute atomic E-state index is 12.7. The van der Waals surface area contributed by atoms with Crippen molar-refractivity contribution in [3.8, 4) is 0 Å². The Hall–Kier alpha value is -2.39. The number of nitrogens with one attached hydrogen (secondary N) is 1. The summed E-state index contributed by atoms with van der Waals surface area (Å²) in [6.45, 7) is 1.60. The number of amides is 1. The predicted molar refractivity (Wildman–Crippen MR) is 94.3 cm³/mol. The molecule has 25 heavy (non-hydrogen) atoms. The molecule has 0 unspecified atom stereocenters. The third-order valence-electron chi connectivity index (χ3n) is 3.80. The summed E-state index contributed by atoms with van der Waals surface area (Å²) >= 11 is 0. The van der Waals surface area contributed by atoms with Crippen LogP contribution in [0.5, 0.6) is 0 Å². The zero-order valence-corrected chi connectivity index (χ0v) is 15.0. The van der Waals surface area contributed by atoms with Crippen molar-refractivity contribution in [2.24, 2.45) is 0 Å². The zero-order chi connectivity index (χ0) is 18.2. The van der Waals surface area contributed by atoms with Crippen LogP contribution in [0.2, 0.25) is 0 Å². The highest BCUT2D eigenvalue weighted by Crippen LogP contribution is 2.29. The molecule has 9 heteroatoms. The maximum Gasteiger partial charge on any atom is 0.262 e. The molecule has 0 radical (unpaired) electrons. The minimum atomic E-state index is -3.93. The molecule has 3 rings (SSSR count). The van der Waals surface area contributed by atoms with E-state index in [0.717, 1.165) is 0 Å². The molecule has 1 fully saturated rings. The lowest BCUT2D eigenvalue weighted by Crippen LogP contribution is -2.29. The number of hydrogen-bond acceptors (Lipinski definition) is 5. The van der Waals surface area contributed by atoms with Crippen LogP contribution < -0.4 is 9.03 Å². The summed E-state index contributed by atoms with van der Waals surface area (Å²) in [6, 6.07) is 12.5. The van der Waals surface area contributed by atoms with Crippen molar-refractivity contribution < 1.29 is 21.6 Å². The number of hydrogen-bond donors (Lipinski definition) is 1. The number of sulfonamides is 2. The summed E-state index contributed by atoms with van der Waals surface area (Å²) in [6.07, 6.45) is -0.111. The van der Waals surface area contributed by atoms with Gasteiger partial charge in [-0.1, -0.05) is 24.3 Å². The number of carbonyl (C=O) groups is 1. The summed E-state index contributed by atoms with van der Waals surface area (Å²) in [5.41, 5.74) is 0.856. The molecule has 0 bridgehead atoms. The van der Waals surface area contributed by atoms with E-state index in [1.54, 1.807) is 37.3 Å². The molecule has 1 aliphatic rings. The molecule has 7 nitrogen and oxygen atoms in total. The fourth-order valence-electron chi connectivity index (χ4n) is 2.59. The van der Waals surface area contributed by atoms with Crippen LogP contribution in [0.25, 0.3) is 0 Å². The van der Waals surface area contributed by atoms with E-state index in [2.05, 4.69) is 4.72 Å². The third-order valence-corrected chi connectivity index (χ3v) is 7.01. The average molecular weight is 380 g/mol. The topological polar surface area (TPSA) is 101 Å². The molecule has 2 aromatic rings. The molecule has 0 atom stereocenters. The van der Waals surface area contributed by atoms with Gasteiger partial charge in [-0.15, -0.1) is 0 Å². The Morgan fingerprint density at radius 2 is 1.76 bits per heavy atom. The van der Waals surface area contributed by atoms with E-state index in [-0.39, 0.29) is 22.8 Å². The summed E-state index contributed by atoms with van der Waals surface area (Å²) < 4.78 is 52.6. The molecule has 132 valence electrons. The van der Waals surface area contributed by atoms with Crippen molar-refractivity contribution in [2.75, 3.05) is 14.8 Å². The molecule has 1 N–H and O–H groups in total.